The lowest BCUT2D eigenvalue weighted by atomic mass is 10.2. The number of H-pyrrole nitrogens is 1. The maximum absolute atomic E-state index is 11.9. The van der Waals surface area contributed by atoms with E-state index < -0.39 is 22.3 Å². The first-order valence-electron chi connectivity index (χ1n) is 7.78. The van der Waals surface area contributed by atoms with Gasteiger partial charge in [-0.05, 0) is 29.8 Å². The number of aromatic hydroxyl groups is 1. The van der Waals surface area contributed by atoms with Crippen molar-refractivity contribution in [1.29, 1.82) is 0 Å². The molecule has 0 bridgehead atoms. The van der Waals surface area contributed by atoms with Gasteiger partial charge in [-0.3, -0.25) is 20.0 Å². The van der Waals surface area contributed by atoms with Gasteiger partial charge in [-0.25, -0.2) is 4.99 Å². The molecule has 1 aromatic heterocycles. The first-order valence-corrected chi connectivity index (χ1v) is 8.16. The molecule has 0 atom stereocenters. The van der Waals surface area contributed by atoms with Gasteiger partial charge in [0.25, 0.3) is 5.91 Å². The molecular weight excluding hydrogens is 388 g/mol. The van der Waals surface area contributed by atoms with E-state index in [9.17, 15) is 20.0 Å². The maximum atomic E-state index is 11.9. The normalized spacial score (nSPS) is 10.9. The van der Waals surface area contributed by atoms with Gasteiger partial charge in [0, 0.05) is 12.3 Å². The van der Waals surface area contributed by atoms with E-state index in [2.05, 4.69) is 20.5 Å². The summed E-state index contributed by atoms with van der Waals surface area (Å²) in [5.41, 5.74) is 5.80. The number of aromatic amines is 1. The fourth-order valence-corrected chi connectivity index (χ4v) is 2.53. The average Bonchev–Trinajstić information content (AvgIpc) is 3.05. The average molecular weight is 401 g/mol. The maximum Gasteiger partial charge on any atom is 0.311 e. The second kappa shape index (κ2) is 7.76. The van der Waals surface area contributed by atoms with Crippen molar-refractivity contribution in [3.8, 4) is 5.75 Å². The number of halogens is 1. The number of anilines is 2. The summed E-state index contributed by atoms with van der Waals surface area (Å²) < 4.78 is 0. The molecule has 0 saturated carbocycles. The molecule has 142 valence electrons. The Bertz CT molecular complexity index is 1100. The predicted molar refractivity (Wildman–Crippen MR) is 104 cm³/mol. The van der Waals surface area contributed by atoms with Crippen LogP contribution in [0.5, 0.6) is 5.75 Å². The molecule has 2 aromatic carbocycles. The highest BCUT2D eigenvalue weighted by molar-refractivity contribution is 6.33. The number of carbonyl (C=O) groups excluding carboxylic acids is 1. The SMILES string of the molecule is NC(=O)c1c(Nc2ccccc2Cl)n[nH]c1/N=C/c1ccc(O)c([N+](=O)[O-])c1. The van der Waals surface area contributed by atoms with Crippen molar-refractivity contribution >= 4 is 46.7 Å². The molecule has 0 radical (unpaired) electrons. The Morgan fingerprint density at radius 3 is 2.79 bits per heavy atom. The van der Waals surface area contributed by atoms with Crippen molar-refractivity contribution in [2.75, 3.05) is 5.32 Å². The number of aliphatic imine (C=N–C) groups is 1. The van der Waals surface area contributed by atoms with Crippen molar-refractivity contribution < 1.29 is 14.8 Å². The summed E-state index contributed by atoms with van der Waals surface area (Å²) >= 11 is 6.09. The number of carbonyl (C=O) groups is 1. The zero-order chi connectivity index (χ0) is 20.3. The topological polar surface area (TPSA) is 160 Å². The van der Waals surface area contributed by atoms with Crippen LogP contribution >= 0.6 is 11.6 Å². The summed E-state index contributed by atoms with van der Waals surface area (Å²) in [7, 11) is 0. The van der Waals surface area contributed by atoms with Crippen molar-refractivity contribution in [3.63, 3.8) is 0 Å². The number of benzene rings is 2. The second-order valence-electron chi connectivity index (χ2n) is 5.53. The van der Waals surface area contributed by atoms with E-state index in [4.69, 9.17) is 17.3 Å². The van der Waals surface area contributed by atoms with E-state index in [1.807, 2.05) is 0 Å². The van der Waals surface area contributed by atoms with Crippen LogP contribution in [0.1, 0.15) is 15.9 Å². The van der Waals surface area contributed by atoms with Crippen LogP contribution in [0.25, 0.3) is 0 Å². The standard InChI is InChI=1S/C17H13ClN6O4/c18-10-3-1-2-4-11(10)21-17-14(15(19)26)16(22-23-17)20-8-9-5-6-13(25)12(7-9)24(27)28/h1-8,25H,(H2,19,26)(H2,21,22,23)/b20-8+. The highest BCUT2D eigenvalue weighted by atomic mass is 35.5. The quantitative estimate of drug-likeness (QED) is 0.282. The van der Waals surface area contributed by atoms with Crippen molar-refractivity contribution in [2.45, 2.75) is 0 Å². The lowest BCUT2D eigenvalue weighted by molar-refractivity contribution is -0.385. The lowest BCUT2D eigenvalue weighted by Gasteiger charge is -2.06. The van der Waals surface area contributed by atoms with E-state index in [0.29, 0.717) is 16.3 Å². The van der Waals surface area contributed by atoms with Gasteiger partial charge < -0.3 is 16.2 Å². The van der Waals surface area contributed by atoms with Gasteiger partial charge in [0.1, 0.15) is 5.56 Å². The van der Waals surface area contributed by atoms with E-state index in [1.54, 1.807) is 24.3 Å². The van der Waals surface area contributed by atoms with Crippen LogP contribution in [0.2, 0.25) is 5.02 Å². The largest absolute Gasteiger partial charge is 0.502 e. The molecule has 3 aromatic rings. The van der Waals surface area contributed by atoms with E-state index >= 15 is 0 Å². The molecule has 0 unspecified atom stereocenters. The Labute approximate surface area is 162 Å². The summed E-state index contributed by atoms with van der Waals surface area (Å²) in [6.07, 6.45) is 1.27. The lowest BCUT2D eigenvalue weighted by Crippen LogP contribution is -2.12. The zero-order valence-corrected chi connectivity index (χ0v) is 14.8. The van der Waals surface area contributed by atoms with Gasteiger partial charge in [0.05, 0.1) is 15.6 Å². The van der Waals surface area contributed by atoms with Crippen LogP contribution in [-0.2, 0) is 0 Å². The van der Waals surface area contributed by atoms with Crippen molar-refractivity contribution in [3.05, 3.63) is 68.7 Å². The van der Waals surface area contributed by atoms with Crippen molar-refractivity contribution in [1.82, 2.24) is 10.2 Å². The van der Waals surface area contributed by atoms with Crippen LogP contribution in [-0.4, -0.2) is 32.3 Å². The highest BCUT2D eigenvalue weighted by Gasteiger charge is 2.19. The molecule has 1 amide bonds. The number of primary amides is 1. The van der Waals surface area contributed by atoms with Crippen molar-refractivity contribution in [2.24, 2.45) is 10.7 Å². The number of phenolic OH excluding ortho intramolecular Hbond substituents is 1. The number of rotatable bonds is 6. The minimum absolute atomic E-state index is 0.00977. The minimum Gasteiger partial charge on any atom is -0.502 e. The Morgan fingerprint density at radius 2 is 2.11 bits per heavy atom. The predicted octanol–water partition coefficient (Wildman–Crippen LogP) is 3.27. The number of nitrogens with one attached hydrogen (secondary N) is 2. The van der Waals surface area contributed by atoms with Gasteiger partial charge in [-0.2, -0.15) is 5.10 Å². The Kier molecular flexibility index (Phi) is 5.23. The van der Waals surface area contributed by atoms with Gasteiger partial charge in [0.15, 0.2) is 17.4 Å². The highest BCUT2D eigenvalue weighted by Crippen LogP contribution is 2.30. The first-order chi connectivity index (χ1) is 13.4. The molecule has 1 heterocycles. The summed E-state index contributed by atoms with van der Waals surface area (Å²) in [6.45, 7) is 0. The molecule has 0 spiro atoms. The Morgan fingerprint density at radius 1 is 1.36 bits per heavy atom. The van der Waals surface area contributed by atoms with Gasteiger partial charge in [-0.15, -0.1) is 0 Å². The van der Waals surface area contributed by atoms with Crippen LogP contribution < -0.4 is 11.1 Å². The molecule has 10 nitrogen and oxygen atoms in total. The first kappa shape index (κ1) is 18.9. The van der Waals surface area contributed by atoms with Crippen LogP contribution in [0.4, 0.5) is 23.0 Å². The molecule has 0 aliphatic rings. The van der Waals surface area contributed by atoms with E-state index in [-0.39, 0.29) is 17.2 Å². The number of hydrogen-bond donors (Lipinski definition) is 4. The zero-order valence-electron chi connectivity index (χ0n) is 14.1. The molecule has 3 rings (SSSR count). The number of nitro benzene ring substituents is 1. The number of nitrogens with zero attached hydrogens (tertiary/aromatic N) is 3. The summed E-state index contributed by atoms with van der Waals surface area (Å²) in [6, 6.07) is 10.6. The Balaban J connectivity index is 1.93. The number of para-hydroxylation sites is 1. The third-order valence-corrected chi connectivity index (χ3v) is 3.99. The number of nitro groups is 1. The van der Waals surface area contributed by atoms with Crippen LogP contribution in [0.3, 0.4) is 0 Å². The number of amides is 1. The fraction of sp³-hybridized carbons (Fsp3) is 0. The van der Waals surface area contributed by atoms with E-state index in [1.165, 1.54) is 18.3 Å². The van der Waals surface area contributed by atoms with Gasteiger partial charge in [0.2, 0.25) is 0 Å². The van der Waals surface area contributed by atoms with Crippen LogP contribution in [0.15, 0.2) is 47.5 Å². The summed E-state index contributed by atoms with van der Waals surface area (Å²) in [4.78, 5) is 26.1. The molecule has 0 saturated heterocycles. The fourth-order valence-electron chi connectivity index (χ4n) is 2.35. The number of nitrogens with two attached hydrogens (primary N) is 1. The smallest absolute Gasteiger partial charge is 0.311 e. The van der Waals surface area contributed by atoms with E-state index in [0.717, 1.165) is 6.07 Å². The monoisotopic (exact) mass is 400 g/mol. The summed E-state index contributed by atoms with van der Waals surface area (Å²) in [5.74, 6) is -1.07. The minimum atomic E-state index is -0.785. The molecule has 0 aliphatic heterocycles. The van der Waals surface area contributed by atoms with Gasteiger partial charge >= 0.3 is 5.69 Å². The number of aromatic nitrogens is 2. The number of phenols is 1. The third kappa shape index (κ3) is 3.91. The second-order valence-corrected chi connectivity index (χ2v) is 5.94. The summed E-state index contributed by atoms with van der Waals surface area (Å²) in [5, 5.41) is 30.3. The Hall–Kier alpha value is -3.92. The molecule has 0 aliphatic carbocycles. The molecule has 11 heteroatoms. The molecule has 0 fully saturated rings. The molecule has 28 heavy (non-hydrogen) atoms. The number of hydrogen-bond acceptors (Lipinski definition) is 7. The molecular formula is C17H13ClN6O4. The van der Waals surface area contributed by atoms with Gasteiger partial charge in [-0.1, -0.05) is 23.7 Å². The third-order valence-electron chi connectivity index (χ3n) is 3.66. The van der Waals surface area contributed by atoms with Crippen LogP contribution in [0, 0.1) is 10.1 Å². The molecule has 5 N–H and O–H groups in total.